The Kier molecular flexibility index (Phi) is 69.6. The number of carbonyl (C=O) groups is 4. The molecule has 0 heterocycles. The van der Waals surface area contributed by atoms with Gasteiger partial charge >= 0.3 is 39.5 Å². The highest BCUT2D eigenvalue weighted by molar-refractivity contribution is 7.47. The summed E-state index contributed by atoms with van der Waals surface area (Å²) in [6.07, 6.45) is 61.6. The zero-order valence-corrected chi connectivity index (χ0v) is 65.0. The summed E-state index contributed by atoms with van der Waals surface area (Å²) in [6, 6.07) is 0. The third kappa shape index (κ3) is 72.2. The highest BCUT2D eigenvalue weighted by Gasteiger charge is 2.30. The molecule has 0 aliphatic rings. The van der Waals surface area contributed by atoms with Crippen molar-refractivity contribution in [2.75, 3.05) is 39.6 Å². The average Bonchev–Trinajstić information content (AvgIpc) is 1.33. The number of unbranched alkanes of at least 4 members (excludes halogenated alkanes) is 50. The van der Waals surface area contributed by atoms with Crippen LogP contribution in [0.3, 0.4) is 0 Å². The van der Waals surface area contributed by atoms with Gasteiger partial charge in [-0.1, -0.05) is 362 Å². The van der Waals surface area contributed by atoms with E-state index in [-0.39, 0.29) is 25.7 Å². The van der Waals surface area contributed by atoms with Gasteiger partial charge in [0.25, 0.3) is 0 Å². The fourth-order valence-corrected chi connectivity index (χ4v) is 13.6. The standard InChI is InChI=1S/C78H152O17P2/c1-6-9-12-15-18-21-23-25-27-29-31-32-34-36-38-40-42-44-47-53-58-63-77(82)94-73(67-89-76(81)62-57-52-46-43-41-39-37-35-33-30-28-26-24-22-19-16-13-10-7-2)69-92-96(84,85)90-65-72(79)66-91-97(86,87)93-70-74(68-88-75(80)61-56-51-45-20-17-14-11-8-3)95-78(83)64-59-54-49-48-50-55-60-71(4)5/h71-74,79H,6-70H2,1-5H3,(H,84,85)(H,86,87)/t72-,73-,74-/m1/s1. The normalized spacial score (nSPS) is 13.9. The molecule has 0 aliphatic heterocycles. The Labute approximate surface area is 594 Å². The van der Waals surface area contributed by atoms with Crippen molar-refractivity contribution in [3.8, 4) is 0 Å². The second kappa shape index (κ2) is 71.1. The number of aliphatic hydroxyl groups excluding tert-OH is 1. The van der Waals surface area contributed by atoms with Gasteiger partial charge < -0.3 is 33.8 Å². The lowest BCUT2D eigenvalue weighted by atomic mass is 10.0. The lowest BCUT2D eigenvalue weighted by Crippen LogP contribution is -2.30. The van der Waals surface area contributed by atoms with Crippen molar-refractivity contribution in [3.63, 3.8) is 0 Å². The van der Waals surface area contributed by atoms with E-state index in [1.165, 1.54) is 231 Å². The lowest BCUT2D eigenvalue weighted by molar-refractivity contribution is -0.161. The Morgan fingerprint density at radius 3 is 0.701 bits per heavy atom. The van der Waals surface area contributed by atoms with Crippen LogP contribution in [-0.4, -0.2) is 96.7 Å². The van der Waals surface area contributed by atoms with E-state index >= 15 is 0 Å². The van der Waals surface area contributed by atoms with Crippen molar-refractivity contribution in [1.82, 2.24) is 0 Å². The first-order valence-electron chi connectivity index (χ1n) is 40.6. The molecule has 0 aliphatic carbocycles. The van der Waals surface area contributed by atoms with Gasteiger partial charge in [-0.05, 0) is 31.6 Å². The molecule has 0 bridgehead atoms. The molecule has 0 radical (unpaired) electrons. The average molecular weight is 1420 g/mol. The number of phosphoric ester groups is 2. The van der Waals surface area contributed by atoms with Crippen LogP contribution in [0.25, 0.3) is 0 Å². The minimum Gasteiger partial charge on any atom is -0.462 e. The number of carbonyl (C=O) groups excluding carboxylic acids is 4. The van der Waals surface area contributed by atoms with E-state index in [2.05, 4.69) is 34.6 Å². The summed E-state index contributed by atoms with van der Waals surface area (Å²) >= 11 is 0. The quantitative estimate of drug-likeness (QED) is 0.0222. The van der Waals surface area contributed by atoms with Gasteiger partial charge in [-0.2, -0.15) is 0 Å². The fraction of sp³-hybridized carbons (Fsp3) is 0.949. The van der Waals surface area contributed by atoms with Gasteiger partial charge in [-0.3, -0.25) is 37.3 Å². The van der Waals surface area contributed by atoms with E-state index in [4.69, 9.17) is 37.0 Å². The molecule has 0 aromatic rings. The second-order valence-electron chi connectivity index (χ2n) is 28.6. The van der Waals surface area contributed by atoms with Gasteiger partial charge in [0.1, 0.15) is 19.3 Å². The molecule has 0 saturated carbocycles. The van der Waals surface area contributed by atoms with Gasteiger partial charge in [0.2, 0.25) is 0 Å². The predicted molar refractivity (Wildman–Crippen MR) is 395 cm³/mol. The van der Waals surface area contributed by atoms with Crippen LogP contribution in [0.1, 0.15) is 413 Å². The number of hydrogen-bond acceptors (Lipinski definition) is 15. The molecule has 0 amide bonds. The number of rotatable bonds is 78. The van der Waals surface area contributed by atoms with Gasteiger partial charge in [0.15, 0.2) is 12.2 Å². The Hall–Kier alpha value is -1.94. The van der Waals surface area contributed by atoms with Crippen molar-refractivity contribution in [1.29, 1.82) is 0 Å². The van der Waals surface area contributed by atoms with Crippen molar-refractivity contribution in [2.24, 2.45) is 5.92 Å². The van der Waals surface area contributed by atoms with Crippen LogP contribution in [0.15, 0.2) is 0 Å². The maximum absolute atomic E-state index is 13.1. The van der Waals surface area contributed by atoms with Crippen LogP contribution in [0.5, 0.6) is 0 Å². The minimum atomic E-state index is -4.96. The van der Waals surface area contributed by atoms with Crippen LogP contribution < -0.4 is 0 Å². The zero-order chi connectivity index (χ0) is 71.2. The molecule has 17 nitrogen and oxygen atoms in total. The molecule has 19 heteroatoms. The van der Waals surface area contributed by atoms with Crippen molar-refractivity contribution in [3.05, 3.63) is 0 Å². The highest BCUT2D eigenvalue weighted by Crippen LogP contribution is 2.45. The molecule has 97 heavy (non-hydrogen) atoms. The van der Waals surface area contributed by atoms with Crippen LogP contribution in [0, 0.1) is 5.92 Å². The van der Waals surface area contributed by atoms with Crippen LogP contribution >= 0.6 is 15.6 Å². The van der Waals surface area contributed by atoms with Crippen molar-refractivity contribution < 1.29 is 80.2 Å². The monoisotopic (exact) mass is 1420 g/mol. The zero-order valence-electron chi connectivity index (χ0n) is 63.2. The van der Waals surface area contributed by atoms with Crippen LogP contribution in [0.4, 0.5) is 0 Å². The Balaban J connectivity index is 5.14. The first-order valence-corrected chi connectivity index (χ1v) is 43.6. The summed E-state index contributed by atoms with van der Waals surface area (Å²) in [5, 5.41) is 10.6. The first kappa shape index (κ1) is 95.1. The number of esters is 4. The molecule has 3 N–H and O–H groups in total. The molecule has 0 spiro atoms. The van der Waals surface area contributed by atoms with Gasteiger partial charge in [0.05, 0.1) is 26.4 Å². The number of phosphoric acid groups is 2. The predicted octanol–water partition coefficient (Wildman–Crippen LogP) is 23.3. The Bertz CT molecular complexity index is 1860. The van der Waals surface area contributed by atoms with E-state index in [0.29, 0.717) is 31.6 Å². The molecule has 0 fully saturated rings. The topological polar surface area (TPSA) is 237 Å². The molecule has 0 rings (SSSR count). The smallest absolute Gasteiger partial charge is 0.462 e. The second-order valence-corrected chi connectivity index (χ2v) is 31.5. The highest BCUT2D eigenvalue weighted by atomic mass is 31.2. The number of hydrogen-bond donors (Lipinski definition) is 3. The van der Waals surface area contributed by atoms with Gasteiger partial charge in [0, 0.05) is 25.7 Å². The fourth-order valence-electron chi connectivity index (χ4n) is 12.1. The molecule has 0 aromatic carbocycles. The van der Waals surface area contributed by atoms with E-state index in [0.717, 1.165) is 96.3 Å². The summed E-state index contributed by atoms with van der Waals surface area (Å²) in [7, 11) is -9.91. The third-order valence-electron chi connectivity index (χ3n) is 18.3. The molecule has 0 saturated heterocycles. The van der Waals surface area contributed by atoms with Crippen molar-refractivity contribution >= 4 is 39.5 Å². The summed E-state index contributed by atoms with van der Waals surface area (Å²) in [5.74, 6) is -1.45. The largest absolute Gasteiger partial charge is 0.472 e. The van der Waals surface area contributed by atoms with E-state index in [1.807, 2.05) is 0 Å². The summed E-state index contributed by atoms with van der Waals surface area (Å²) in [4.78, 5) is 72.7. The van der Waals surface area contributed by atoms with Crippen LogP contribution in [-0.2, 0) is 65.4 Å². The maximum Gasteiger partial charge on any atom is 0.472 e. The van der Waals surface area contributed by atoms with Gasteiger partial charge in [-0.15, -0.1) is 0 Å². The molecule has 2 unspecified atom stereocenters. The van der Waals surface area contributed by atoms with Gasteiger partial charge in [-0.25, -0.2) is 9.13 Å². The number of aliphatic hydroxyl groups is 1. The maximum atomic E-state index is 13.1. The molecular weight excluding hydrogens is 1270 g/mol. The molecular formula is C78H152O17P2. The number of ether oxygens (including phenoxy) is 4. The molecule has 5 atom stereocenters. The lowest BCUT2D eigenvalue weighted by Gasteiger charge is -2.21. The van der Waals surface area contributed by atoms with E-state index < -0.39 is 97.5 Å². The third-order valence-corrected chi connectivity index (χ3v) is 20.2. The SMILES string of the molecule is CCCCCCCCCCCCCCCCCCCCCCCC(=O)O[C@H](COC(=O)CCCCCCCCCCCCCCCCCCCCC)COP(=O)(O)OC[C@@H](O)COP(=O)(O)OC[C@@H](COC(=O)CCCCCCCCCC)OC(=O)CCCCCCCCC(C)C. The summed E-state index contributed by atoms with van der Waals surface area (Å²) in [6.45, 7) is 7.18. The Morgan fingerprint density at radius 1 is 0.278 bits per heavy atom. The van der Waals surface area contributed by atoms with E-state index in [1.54, 1.807) is 0 Å². The summed E-state index contributed by atoms with van der Waals surface area (Å²) in [5.41, 5.74) is 0. The van der Waals surface area contributed by atoms with E-state index in [9.17, 15) is 43.2 Å². The Morgan fingerprint density at radius 2 is 0.474 bits per heavy atom. The first-order chi connectivity index (χ1) is 47.0. The summed E-state index contributed by atoms with van der Waals surface area (Å²) < 4.78 is 68.4. The molecule has 576 valence electrons. The minimum absolute atomic E-state index is 0.102. The van der Waals surface area contributed by atoms with Crippen molar-refractivity contribution in [2.45, 2.75) is 432 Å². The molecule has 0 aromatic heterocycles. The van der Waals surface area contributed by atoms with Crippen LogP contribution in [0.2, 0.25) is 0 Å².